The molecule has 0 atom stereocenters. The number of primary amides is 1. The van der Waals surface area contributed by atoms with E-state index in [1.807, 2.05) is 18.4 Å². The number of pyridine rings is 1. The molecule has 0 radical (unpaired) electrons. The Morgan fingerprint density at radius 2 is 2.00 bits per heavy atom. The number of hydrogen-bond donors (Lipinski definition) is 4. The van der Waals surface area contributed by atoms with E-state index in [1.54, 1.807) is 6.07 Å². The first-order valence-electron chi connectivity index (χ1n) is 9.81. The van der Waals surface area contributed by atoms with Crippen molar-refractivity contribution in [2.24, 2.45) is 5.73 Å². The fraction of sp³-hybridized carbons (Fsp3) is 0.500. The molecule has 0 unspecified atom stereocenters. The number of aromatic nitrogens is 1. The summed E-state index contributed by atoms with van der Waals surface area (Å²) in [6.45, 7) is 6.29. The molecule has 2 aliphatic heterocycles. The lowest BCUT2D eigenvalue weighted by atomic mass is 10.0. The molecule has 1 fully saturated rings. The Kier molecular flexibility index (Phi) is 4.45. The third-order valence-electron chi connectivity index (χ3n) is 6.05. The van der Waals surface area contributed by atoms with E-state index in [-0.39, 0.29) is 28.4 Å². The van der Waals surface area contributed by atoms with Crippen LogP contribution in [0.4, 0.5) is 21.6 Å². The Morgan fingerprint density at radius 3 is 2.62 bits per heavy atom. The summed E-state index contributed by atoms with van der Waals surface area (Å²) >= 11 is 0. The molecule has 6 N–H and O–H groups in total. The lowest BCUT2D eigenvalue weighted by Crippen LogP contribution is -2.37. The molecular weight excluding hydrogens is 375 g/mol. The average Bonchev–Trinajstić information content (AvgIpc) is 2.96. The van der Waals surface area contributed by atoms with Gasteiger partial charge in [-0.15, -0.1) is 0 Å². The minimum Gasteiger partial charge on any atom is -0.396 e. The molecular formula is C20H27FN6O2. The predicted octanol–water partition coefficient (Wildman–Crippen LogP) is 1.49. The maximum atomic E-state index is 15.1. The number of carbonyl (C=O) groups is 1. The van der Waals surface area contributed by atoms with Crippen LogP contribution in [0.2, 0.25) is 0 Å². The molecule has 9 heteroatoms. The van der Waals surface area contributed by atoms with Crippen molar-refractivity contribution in [3.05, 3.63) is 27.7 Å². The summed E-state index contributed by atoms with van der Waals surface area (Å²) in [6, 6.07) is 1.75. The summed E-state index contributed by atoms with van der Waals surface area (Å²) in [5.41, 5.74) is 10.8. The van der Waals surface area contributed by atoms with Gasteiger partial charge < -0.3 is 31.6 Å². The van der Waals surface area contributed by atoms with E-state index in [0.29, 0.717) is 17.9 Å². The van der Waals surface area contributed by atoms with Crippen LogP contribution in [-0.4, -0.2) is 48.1 Å². The van der Waals surface area contributed by atoms with Crippen molar-refractivity contribution in [3.8, 4) is 0 Å². The molecule has 156 valence electrons. The molecule has 1 amide bonds. The normalized spacial score (nSPS) is 19.2. The van der Waals surface area contributed by atoms with Crippen molar-refractivity contribution in [3.63, 3.8) is 0 Å². The van der Waals surface area contributed by atoms with Crippen LogP contribution in [0.25, 0.3) is 10.9 Å². The van der Waals surface area contributed by atoms with E-state index >= 15 is 4.39 Å². The Labute approximate surface area is 168 Å². The standard InChI is InChI=1S/C20H27FN6O2/c1-20(2)9-24-19-14(18(23)29)17(28)13-12(27(19)20)8-11(15(21)16(13)22)25-10-4-6-26(3)7-5-10/h8,10,24-25H,4-7,9,22H2,1-3H3,(H2,23,29). The zero-order valence-electron chi connectivity index (χ0n) is 16.9. The molecule has 0 aliphatic carbocycles. The fourth-order valence-corrected chi connectivity index (χ4v) is 4.43. The average molecular weight is 402 g/mol. The van der Waals surface area contributed by atoms with Crippen molar-refractivity contribution in [1.82, 2.24) is 9.47 Å². The molecule has 0 spiro atoms. The molecule has 4 rings (SSSR count). The van der Waals surface area contributed by atoms with Gasteiger partial charge in [0.25, 0.3) is 5.91 Å². The monoisotopic (exact) mass is 402 g/mol. The van der Waals surface area contributed by atoms with E-state index in [4.69, 9.17) is 11.5 Å². The first-order valence-corrected chi connectivity index (χ1v) is 9.81. The van der Waals surface area contributed by atoms with Crippen LogP contribution in [0, 0.1) is 5.82 Å². The lowest BCUT2D eigenvalue weighted by Gasteiger charge is -2.31. The van der Waals surface area contributed by atoms with Crippen LogP contribution >= 0.6 is 0 Å². The third kappa shape index (κ3) is 3.00. The molecule has 0 bridgehead atoms. The van der Waals surface area contributed by atoms with Crippen molar-refractivity contribution < 1.29 is 9.18 Å². The van der Waals surface area contributed by atoms with Crippen molar-refractivity contribution in [1.29, 1.82) is 0 Å². The van der Waals surface area contributed by atoms with Gasteiger partial charge in [-0.05, 0) is 52.9 Å². The van der Waals surface area contributed by atoms with Gasteiger partial charge in [-0.1, -0.05) is 0 Å². The molecule has 2 aliphatic rings. The van der Waals surface area contributed by atoms with Crippen LogP contribution in [0.5, 0.6) is 0 Å². The summed E-state index contributed by atoms with van der Waals surface area (Å²) in [5, 5.41) is 6.38. The molecule has 29 heavy (non-hydrogen) atoms. The van der Waals surface area contributed by atoms with Gasteiger partial charge in [-0.3, -0.25) is 9.59 Å². The lowest BCUT2D eigenvalue weighted by molar-refractivity contribution is 0.1000. The summed E-state index contributed by atoms with van der Waals surface area (Å²) in [6.07, 6.45) is 1.78. The van der Waals surface area contributed by atoms with Crippen LogP contribution in [0.15, 0.2) is 10.9 Å². The summed E-state index contributed by atoms with van der Waals surface area (Å²) < 4.78 is 17.0. The van der Waals surface area contributed by atoms with E-state index in [9.17, 15) is 9.59 Å². The van der Waals surface area contributed by atoms with Crippen LogP contribution < -0.4 is 27.5 Å². The highest BCUT2D eigenvalue weighted by molar-refractivity contribution is 6.05. The van der Waals surface area contributed by atoms with Gasteiger partial charge in [-0.2, -0.15) is 0 Å². The second-order valence-corrected chi connectivity index (χ2v) is 8.69. The first-order chi connectivity index (χ1) is 13.6. The molecule has 1 aromatic carbocycles. The quantitative estimate of drug-likeness (QED) is 0.578. The third-order valence-corrected chi connectivity index (χ3v) is 6.05. The van der Waals surface area contributed by atoms with E-state index < -0.39 is 22.7 Å². The second kappa shape index (κ2) is 6.62. The largest absolute Gasteiger partial charge is 0.396 e. The number of nitrogens with two attached hydrogens (primary N) is 2. The number of nitrogen functional groups attached to an aromatic ring is 1. The van der Waals surface area contributed by atoms with Gasteiger partial charge in [0.15, 0.2) is 5.82 Å². The molecule has 8 nitrogen and oxygen atoms in total. The molecule has 2 aromatic rings. The highest BCUT2D eigenvalue weighted by Crippen LogP contribution is 2.38. The maximum Gasteiger partial charge on any atom is 0.256 e. The molecule has 3 heterocycles. The van der Waals surface area contributed by atoms with Gasteiger partial charge in [-0.25, -0.2) is 4.39 Å². The summed E-state index contributed by atoms with van der Waals surface area (Å²) in [4.78, 5) is 27.3. The number of piperidine rings is 1. The minimum atomic E-state index is -0.862. The second-order valence-electron chi connectivity index (χ2n) is 8.69. The molecule has 1 saturated heterocycles. The number of halogens is 1. The summed E-state index contributed by atoms with van der Waals surface area (Å²) in [5.74, 6) is -1.18. The van der Waals surface area contributed by atoms with Gasteiger partial charge in [0.2, 0.25) is 5.43 Å². The van der Waals surface area contributed by atoms with Crippen molar-refractivity contribution >= 4 is 34.0 Å². The highest BCUT2D eigenvalue weighted by atomic mass is 19.1. The van der Waals surface area contributed by atoms with Gasteiger partial charge >= 0.3 is 0 Å². The number of carbonyl (C=O) groups excluding carboxylic acids is 1. The molecule has 0 saturated carbocycles. The van der Waals surface area contributed by atoms with Crippen molar-refractivity contribution in [2.75, 3.05) is 43.0 Å². The Hall–Kier alpha value is -2.81. The van der Waals surface area contributed by atoms with Crippen molar-refractivity contribution in [2.45, 2.75) is 38.3 Å². The minimum absolute atomic E-state index is 0.00856. The van der Waals surface area contributed by atoms with Gasteiger partial charge in [0.1, 0.15) is 11.4 Å². The number of amides is 1. The van der Waals surface area contributed by atoms with Gasteiger partial charge in [0, 0.05) is 12.6 Å². The SMILES string of the molecule is CN1CCC(Nc2cc3c(c(N)c2F)c(=O)c(C(N)=O)c2n3C(C)(C)CN2)CC1. The number of rotatable bonds is 3. The smallest absolute Gasteiger partial charge is 0.256 e. The fourth-order valence-electron chi connectivity index (χ4n) is 4.43. The number of anilines is 3. The maximum absolute atomic E-state index is 15.1. The molecule has 1 aromatic heterocycles. The van der Waals surface area contributed by atoms with E-state index in [0.717, 1.165) is 25.9 Å². The predicted molar refractivity (Wildman–Crippen MR) is 113 cm³/mol. The number of likely N-dealkylation sites (tertiary alicyclic amines) is 1. The van der Waals surface area contributed by atoms with E-state index in [1.165, 1.54) is 0 Å². The Morgan fingerprint density at radius 1 is 1.34 bits per heavy atom. The Balaban J connectivity index is 1.95. The number of fused-ring (bicyclic) bond motifs is 3. The zero-order valence-corrected chi connectivity index (χ0v) is 16.9. The van der Waals surface area contributed by atoms with Crippen LogP contribution in [0.3, 0.4) is 0 Å². The summed E-state index contributed by atoms with van der Waals surface area (Å²) in [7, 11) is 2.06. The van der Waals surface area contributed by atoms with Gasteiger partial charge in [0.05, 0.1) is 27.8 Å². The number of hydrogen-bond acceptors (Lipinski definition) is 6. The highest BCUT2D eigenvalue weighted by Gasteiger charge is 2.36. The Bertz CT molecular complexity index is 1070. The van der Waals surface area contributed by atoms with Crippen LogP contribution in [-0.2, 0) is 5.54 Å². The first kappa shape index (κ1) is 19.5. The number of nitrogens with zero attached hydrogens (tertiary/aromatic N) is 2. The van der Waals surface area contributed by atoms with Crippen LogP contribution in [0.1, 0.15) is 37.0 Å². The number of benzene rings is 1. The topological polar surface area (TPSA) is 118 Å². The number of nitrogens with one attached hydrogen (secondary N) is 2. The zero-order chi connectivity index (χ0) is 21.1. The van der Waals surface area contributed by atoms with E-state index in [2.05, 4.69) is 22.6 Å².